The smallest absolute Gasteiger partial charge is 0.227 e. The molecule has 4 rings (SSSR count). The molecular formula is C15H10N4O. The van der Waals surface area contributed by atoms with Crippen LogP contribution in [0.3, 0.4) is 0 Å². The summed E-state index contributed by atoms with van der Waals surface area (Å²) in [6, 6.07) is 15.7. The van der Waals surface area contributed by atoms with Crippen molar-refractivity contribution in [3.05, 3.63) is 61.2 Å². The van der Waals surface area contributed by atoms with E-state index in [0.717, 1.165) is 22.4 Å². The highest BCUT2D eigenvalue weighted by molar-refractivity contribution is 5.78. The highest BCUT2D eigenvalue weighted by Gasteiger charge is 2.08. The maximum absolute atomic E-state index is 5.83. The van der Waals surface area contributed by atoms with Gasteiger partial charge in [0, 0.05) is 11.6 Å². The number of nitrogens with zero attached hydrogens (tertiary/aromatic N) is 4. The summed E-state index contributed by atoms with van der Waals surface area (Å²) in [7, 11) is 0. The normalized spacial score (nSPS) is 11.0. The molecule has 0 aliphatic carbocycles. The Morgan fingerprint density at radius 3 is 2.50 bits per heavy atom. The molecule has 0 bridgehead atoms. The van der Waals surface area contributed by atoms with Gasteiger partial charge in [0.2, 0.25) is 5.89 Å². The minimum absolute atomic E-state index is 0.626. The van der Waals surface area contributed by atoms with Crippen molar-refractivity contribution in [2.75, 3.05) is 0 Å². The first-order valence-corrected chi connectivity index (χ1v) is 6.21. The Balaban J connectivity index is 1.84. The number of benzene rings is 2. The van der Waals surface area contributed by atoms with Gasteiger partial charge >= 0.3 is 0 Å². The van der Waals surface area contributed by atoms with Crippen molar-refractivity contribution in [2.45, 2.75) is 0 Å². The van der Waals surface area contributed by atoms with Crippen molar-refractivity contribution in [1.29, 1.82) is 0 Å². The first-order valence-electron chi connectivity index (χ1n) is 6.21. The molecular weight excluding hydrogens is 252 g/mol. The van der Waals surface area contributed by atoms with Gasteiger partial charge in [-0.05, 0) is 24.3 Å². The summed E-state index contributed by atoms with van der Waals surface area (Å²) in [6.07, 6.45) is 3.30. The monoisotopic (exact) mass is 262 g/mol. The van der Waals surface area contributed by atoms with Crippen LogP contribution in [0.4, 0.5) is 0 Å². The first-order chi connectivity index (χ1) is 9.90. The summed E-state index contributed by atoms with van der Waals surface area (Å²) in [6.45, 7) is 0. The van der Waals surface area contributed by atoms with Crippen LogP contribution in [0, 0.1) is 0 Å². The van der Waals surface area contributed by atoms with Crippen LogP contribution in [0.25, 0.3) is 28.2 Å². The number of oxazole rings is 1. The molecule has 20 heavy (non-hydrogen) atoms. The molecule has 2 aromatic carbocycles. The fourth-order valence-electron chi connectivity index (χ4n) is 2.11. The molecule has 2 aromatic heterocycles. The lowest BCUT2D eigenvalue weighted by Gasteiger charge is -1.98. The van der Waals surface area contributed by atoms with Crippen molar-refractivity contribution in [1.82, 2.24) is 19.7 Å². The molecule has 0 radical (unpaired) electrons. The molecule has 0 spiro atoms. The van der Waals surface area contributed by atoms with Crippen LogP contribution in [-0.2, 0) is 0 Å². The summed E-state index contributed by atoms with van der Waals surface area (Å²) < 4.78 is 7.65. The van der Waals surface area contributed by atoms with Gasteiger partial charge in [-0.3, -0.25) is 4.57 Å². The topological polar surface area (TPSA) is 56.7 Å². The van der Waals surface area contributed by atoms with Gasteiger partial charge in [0.05, 0.1) is 5.69 Å². The number of fused-ring (bicyclic) bond motifs is 1. The Labute approximate surface area is 114 Å². The lowest BCUT2D eigenvalue weighted by molar-refractivity contribution is 0.619. The maximum atomic E-state index is 5.83. The number of aromatic nitrogens is 4. The summed E-state index contributed by atoms with van der Waals surface area (Å²) in [5.41, 5.74) is 3.49. The van der Waals surface area contributed by atoms with Gasteiger partial charge in [0.1, 0.15) is 18.2 Å². The second-order valence-electron chi connectivity index (χ2n) is 4.41. The minimum Gasteiger partial charge on any atom is -0.436 e. The molecule has 0 amide bonds. The molecule has 0 aliphatic heterocycles. The fourth-order valence-corrected chi connectivity index (χ4v) is 2.11. The van der Waals surface area contributed by atoms with Crippen LogP contribution in [0.5, 0.6) is 0 Å². The molecule has 0 atom stereocenters. The van der Waals surface area contributed by atoms with E-state index in [0.29, 0.717) is 5.89 Å². The summed E-state index contributed by atoms with van der Waals surface area (Å²) in [5.74, 6) is 0.626. The molecule has 0 fully saturated rings. The van der Waals surface area contributed by atoms with Gasteiger partial charge < -0.3 is 4.42 Å². The Hall–Kier alpha value is -2.95. The van der Waals surface area contributed by atoms with Gasteiger partial charge in [0.25, 0.3) is 0 Å². The van der Waals surface area contributed by atoms with Gasteiger partial charge in [-0.1, -0.05) is 18.2 Å². The molecule has 0 aliphatic rings. The summed E-state index contributed by atoms with van der Waals surface area (Å²) in [5, 5.41) is 7.60. The van der Waals surface area contributed by atoms with E-state index in [9.17, 15) is 0 Å². The highest BCUT2D eigenvalue weighted by atomic mass is 16.3. The SMILES string of the molecule is c1ccc(-c2nc3ccc(-n4cnnc4)cc3o2)cc1. The van der Waals surface area contributed by atoms with E-state index in [2.05, 4.69) is 15.2 Å². The third-order valence-corrected chi connectivity index (χ3v) is 3.11. The standard InChI is InChI=1S/C15H10N4O/c1-2-4-11(5-3-1)15-18-13-7-6-12(8-14(13)20-15)19-9-16-17-10-19/h1-10H. The van der Waals surface area contributed by atoms with E-state index >= 15 is 0 Å². The van der Waals surface area contributed by atoms with E-state index in [4.69, 9.17) is 4.42 Å². The fraction of sp³-hybridized carbons (Fsp3) is 0. The second kappa shape index (κ2) is 4.31. The predicted octanol–water partition coefficient (Wildman–Crippen LogP) is 3.08. The van der Waals surface area contributed by atoms with Gasteiger partial charge in [-0.15, -0.1) is 10.2 Å². The zero-order chi connectivity index (χ0) is 13.4. The van der Waals surface area contributed by atoms with Crippen LogP contribution >= 0.6 is 0 Å². The summed E-state index contributed by atoms with van der Waals surface area (Å²) in [4.78, 5) is 4.50. The second-order valence-corrected chi connectivity index (χ2v) is 4.41. The van der Waals surface area contributed by atoms with Crippen LogP contribution in [0.1, 0.15) is 0 Å². The number of hydrogen-bond donors (Lipinski definition) is 0. The molecule has 96 valence electrons. The molecule has 0 saturated carbocycles. The molecule has 0 saturated heterocycles. The quantitative estimate of drug-likeness (QED) is 0.557. The van der Waals surface area contributed by atoms with Gasteiger partial charge in [-0.2, -0.15) is 0 Å². The van der Waals surface area contributed by atoms with E-state index in [1.807, 2.05) is 53.1 Å². The van der Waals surface area contributed by atoms with Crippen molar-refractivity contribution in [3.63, 3.8) is 0 Å². The van der Waals surface area contributed by atoms with Crippen molar-refractivity contribution < 1.29 is 4.42 Å². The van der Waals surface area contributed by atoms with Crippen LogP contribution in [-0.4, -0.2) is 19.7 Å². The molecule has 5 nitrogen and oxygen atoms in total. The van der Waals surface area contributed by atoms with Gasteiger partial charge in [-0.25, -0.2) is 4.98 Å². The molecule has 5 heteroatoms. The zero-order valence-corrected chi connectivity index (χ0v) is 10.5. The zero-order valence-electron chi connectivity index (χ0n) is 10.5. The van der Waals surface area contributed by atoms with Crippen molar-refractivity contribution in [3.8, 4) is 17.1 Å². The molecule has 0 N–H and O–H groups in total. The average molecular weight is 262 g/mol. The van der Waals surface area contributed by atoms with Crippen molar-refractivity contribution in [2.24, 2.45) is 0 Å². The van der Waals surface area contributed by atoms with E-state index in [-0.39, 0.29) is 0 Å². The van der Waals surface area contributed by atoms with Crippen molar-refractivity contribution >= 4 is 11.1 Å². The Bertz CT molecular complexity index is 850. The average Bonchev–Trinajstić information content (AvgIpc) is 3.16. The number of rotatable bonds is 2. The first kappa shape index (κ1) is 10.9. The lowest BCUT2D eigenvalue weighted by Crippen LogP contribution is -1.88. The van der Waals surface area contributed by atoms with E-state index in [1.165, 1.54) is 0 Å². The molecule has 2 heterocycles. The van der Waals surface area contributed by atoms with E-state index in [1.54, 1.807) is 12.7 Å². The van der Waals surface area contributed by atoms with Crippen LogP contribution in [0.15, 0.2) is 65.6 Å². The van der Waals surface area contributed by atoms with Crippen LogP contribution < -0.4 is 0 Å². The van der Waals surface area contributed by atoms with E-state index < -0.39 is 0 Å². The van der Waals surface area contributed by atoms with Gasteiger partial charge in [0.15, 0.2) is 5.58 Å². The predicted molar refractivity (Wildman–Crippen MR) is 74.4 cm³/mol. The third-order valence-electron chi connectivity index (χ3n) is 3.11. The Morgan fingerprint density at radius 1 is 0.900 bits per heavy atom. The highest BCUT2D eigenvalue weighted by Crippen LogP contribution is 2.25. The molecule has 0 unspecified atom stereocenters. The maximum Gasteiger partial charge on any atom is 0.227 e. The third kappa shape index (κ3) is 1.76. The Morgan fingerprint density at radius 2 is 1.70 bits per heavy atom. The van der Waals surface area contributed by atoms with Crippen LogP contribution in [0.2, 0.25) is 0 Å². The lowest BCUT2D eigenvalue weighted by atomic mass is 10.2. The largest absolute Gasteiger partial charge is 0.436 e. The summed E-state index contributed by atoms with van der Waals surface area (Å²) >= 11 is 0. The minimum atomic E-state index is 0.626. The number of hydrogen-bond acceptors (Lipinski definition) is 4. The Kier molecular flexibility index (Phi) is 2.35. The molecule has 4 aromatic rings.